The summed E-state index contributed by atoms with van der Waals surface area (Å²) in [4.78, 5) is 39.5. The van der Waals surface area contributed by atoms with E-state index in [1.165, 1.54) is 11.3 Å². The number of thiazole rings is 1. The number of hydrogen-bond donors (Lipinski definition) is 2. The molecule has 0 unspecified atom stereocenters. The van der Waals surface area contributed by atoms with Gasteiger partial charge in [0, 0.05) is 12.5 Å². The number of carbonyl (C=O) groups excluding carboxylic acids is 3. The highest BCUT2D eigenvalue weighted by molar-refractivity contribution is 7.18. The maximum Gasteiger partial charge on any atom is 0.321 e. The number of para-hydroxylation sites is 1. The molecule has 8 heteroatoms. The zero-order valence-electron chi connectivity index (χ0n) is 14.3. The molecule has 1 aliphatic carbocycles. The van der Waals surface area contributed by atoms with Crippen molar-refractivity contribution in [1.29, 1.82) is 0 Å². The highest BCUT2D eigenvalue weighted by Crippen LogP contribution is 2.22. The van der Waals surface area contributed by atoms with Crippen molar-refractivity contribution in [3.8, 4) is 0 Å². The lowest BCUT2D eigenvalue weighted by molar-refractivity contribution is -0.148. The van der Waals surface area contributed by atoms with Crippen molar-refractivity contribution in [2.45, 2.75) is 44.6 Å². The standard InChI is InChI=1S/C18H21N3O4S/c22-15(21-18(24)19-12-5-1-2-6-12)11-25-17(23)10-9-16-20-13-7-3-4-8-14(13)26-16/h3-4,7-8,12H,1-2,5-6,9-11H2,(H2,19,21,22,24). The molecule has 0 bridgehead atoms. The third kappa shape index (κ3) is 5.26. The molecule has 0 saturated heterocycles. The number of aromatic nitrogens is 1. The van der Waals surface area contributed by atoms with Gasteiger partial charge in [0.1, 0.15) is 0 Å². The Morgan fingerprint density at radius 2 is 1.96 bits per heavy atom. The second-order valence-electron chi connectivity index (χ2n) is 6.24. The summed E-state index contributed by atoms with van der Waals surface area (Å²) in [6.45, 7) is -0.462. The van der Waals surface area contributed by atoms with Gasteiger partial charge in [0.25, 0.3) is 5.91 Å². The first-order valence-corrected chi connectivity index (χ1v) is 9.52. The molecule has 1 aromatic carbocycles. The molecule has 7 nitrogen and oxygen atoms in total. The molecule has 0 atom stereocenters. The zero-order chi connectivity index (χ0) is 18.4. The summed E-state index contributed by atoms with van der Waals surface area (Å²) in [6, 6.07) is 7.36. The molecule has 3 amide bonds. The predicted molar refractivity (Wildman–Crippen MR) is 97.8 cm³/mol. The van der Waals surface area contributed by atoms with Gasteiger partial charge in [-0.1, -0.05) is 25.0 Å². The number of ether oxygens (including phenoxy) is 1. The van der Waals surface area contributed by atoms with Gasteiger partial charge < -0.3 is 10.1 Å². The Balaban J connectivity index is 1.35. The van der Waals surface area contributed by atoms with E-state index in [-0.39, 0.29) is 12.5 Å². The summed E-state index contributed by atoms with van der Waals surface area (Å²) in [5.74, 6) is -1.12. The maximum atomic E-state index is 11.8. The Labute approximate surface area is 155 Å². The maximum absolute atomic E-state index is 11.8. The number of benzene rings is 1. The Kier molecular flexibility index (Phi) is 6.17. The van der Waals surface area contributed by atoms with Crippen LogP contribution < -0.4 is 10.6 Å². The van der Waals surface area contributed by atoms with Crippen molar-refractivity contribution in [3.63, 3.8) is 0 Å². The molecule has 1 aromatic heterocycles. The van der Waals surface area contributed by atoms with Gasteiger partial charge in [0.05, 0.1) is 21.6 Å². The van der Waals surface area contributed by atoms with E-state index in [0.717, 1.165) is 40.9 Å². The van der Waals surface area contributed by atoms with Gasteiger partial charge in [-0.05, 0) is 25.0 Å². The van der Waals surface area contributed by atoms with E-state index >= 15 is 0 Å². The van der Waals surface area contributed by atoms with Crippen molar-refractivity contribution in [2.24, 2.45) is 0 Å². The normalized spacial score (nSPS) is 14.3. The first-order valence-electron chi connectivity index (χ1n) is 8.70. The van der Waals surface area contributed by atoms with Gasteiger partial charge in [-0.3, -0.25) is 14.9 Å². The van der Waals surface area contributed by atoms with Gasteiger partial charge in [0.15, 0.2) is 6.61 Å². The average molecular weight is 375 g/mol. The molecule has 1 fully saturated rings. The van der Waals surface area contributed by atoms with E-state index in [1.54, 1.807) is 0 Å². The molecule has 1 heterocycles. The van der Waals surface area contributed by atoms with E-state index in [9.17, 15) is 14.4 Å². The topological polar surface area (TPSA) is 97.4 Å². The van der Waals surface area contributed by atoms with E-state index in [4.69, 9.17) is 4.74 Å². The summed E-state index contributed by atoms with van der Waals surface area (Å²) >= 11 is 1.54. The number of imide groups is 1. The third-order valence-corrected chi connectivity index (χ3v) is 5.28. The minimum atomic E-state index is -0.631. The first-order chi connectivity index (χ1) is 12.6. The van der Waals surface area contributed by atoms with Gasteiger partial charge in [-0.25, -0.2) is 9.78 Å². The van der Waals surface area contributed by atoms with Crippen LogP contribution in [0.4, 0.5) is 4.79 Å². The van der Waals surface area contributed by atoms with Crippen LogP contribution in [0.15, 0.2) is 24.3 Å². The second-order valence-corrected chi connectivity index (χ2v) is 7.35. The van der Waals surface area contributed by atoms with E-state index < -0.39 is 24.5 Å². The van der Waals surface area contributed by atoms with Crippen LogP contribution in [-0.2, 0) is 20.7 Å². The summed E-state index contributed by atoms with van der Waals surface area (Å²) in [5, 5.41) is 5.77. The second kappa shape index (κ2) is 8.75. The molecular weight excluding hydrogens is 354 g/mol. The average Bonchev–Trinajstić information content (AvgIpc) is 3.26. The lowest BCUT2D eigenvalue weighted by Crippen LogP contribution is -2.45. The number of rotatable bonds is 6. The number of aryl methyl sites for hydroxylation is 1. The van der Waals surface area contributed by atoms with Crippen LogP contribution in [0.5, 0.6) is 0 Å². The molecule has 0 radical (unpaired) electrons. The first kappa shape index (κ1) is 18.3. The Bertz CT molecular complexity index is 766. The molecular formula is C18H21N3O4S. The molecule has 1 aliphatic rings. The molecule has 0 spiro atoms. The third-order valence-electron chi connectivity index (χ3n) is 4.19. The lowest BCUT2D eigenvalue weighted by Gasteiger charge is -2.12. The van der Waals surface area contributed by atoms with Gasteiger partial charge in [-0.2, -0.15) is 0 Å². The molecule has 1 saturated carbocycles. The van der Waals surface area contributed by atoms with Crippen LogP contribution in [0, 0.1) is 0 Å². The number of nitrogens with one attached hydrogen (secondary N) is 2. The number of amides is 3. The van der Waals surface area contributed by atoms with Crippen molar-refractivity contribution in [3.05, 3.63) is 29.3 Å². The van der Waals surface area contributed by atoms with Gasteiger partial charge >= 0.3 is 12.0 Å². The number of hydrogen-bond acceptors (Lipinski definition) is 6. The molecule has 0 aliphatic heterocycles. The predicted octanol–water partition coefficient (Wildman–Crippen LogP) is 2.54. The molecule has 2 aromatic rings. The highest BCUT2D eigenvalue weighted by atomic mass is 32.1. The summed E-state index contributed by atoms with van der Waals surface area (Å²) in [6.07, 6.45) is 4.64. The summed E-state index contributed by atoms with van der Waals surface area (Å²) in [5.41, 5.74) is 0.911. The van der Waals surface area contributed by atoms with Crippen LogP contribution in [0.1, 0.15) is 37.1 Å². The van der Waals surface area contributed by atoms with Crippen molar-refractivity contribution in [2.75, 3.05) is 6.61 Å². The van der Waals surface area contributed by atoms with E-state index in [1.807, 2.05) is 24.3 Å². The molecule has 2 N–H and O–H groups in total. The number of esters is 1. The highest BCUT2D eigenvalue weighted by Gasteiger charge is 2.18. The van der Waals surface area contributed by atoms with Gasteiger partial charge in [-0.15, -0.1) is 11.3 Å². The molecule has 138 valence electrons. The number of nitrogens with zero attached hydrogens (tertiary/aromatic N) is 1. The molecule has 26 heavy (non-hydrogen) atoms. The zero-order valence-corrected chi connectivity index (χ0v) is 15.1. The fourth-order valence-electron chi connectivity index (χ4n) is 2.91. The minimum absolute atomic E-state index is 0.124. The summed E-state index contributed by atoms with van der Waals surface area (Å²) in [7, 11) is 0. The van der Waals surface area contributed by atoms with E-state index in [0.29, 0.717) is 6.42 Å². The Hall–Kier alpha value is -2.48. The van der Waals surface area contributed by atoms with Crippen LogP contribution in [0.25, 0.3) is 10.2 Å². The van der Waals surface area contributed by atoms with Crippen LogP contribution in [-0.4, -0.2) is 35.5 Å². The fourth-order valence-corrected chi connectivity index (χ4v) is 3.88. The monoisotopic (exact) mass is 375 g/mol. The van der Waals surface area contributed by atoms with Crippen molar-refractivity contribution in [1.82, 2.24) is 15.6 Å². The molecule has 3 rings (SSSR count). The number of urea groups is 1. The van der Waals surface area contributed by atoms with Crippen LogP contribution >= 0.6 is 11.3 Å². The number of fused-ring (bicyclic) bond motifs is 1. The van der Waals surface area contributed by atoms with Crippen LogP contribution in [0.2, 0.25) is 0 Å². The van der Waals surface area contributed by atoms with Crippen LogP contribution in [0.3, 0.4) is 0 Å². The number of carbonyl (C=O) groups is 3. The fraction of sp³-hybridized carbons (Fsp3) is 0.444. The largest absolute Gasteiger partial charge is 0.456 e. The van der Waals surface area contributed by atoms with Crippen molar-refractivity contribution < 1.29 is 19.1 Å². The smallest absolute Gasteiger partial charge is 0.321 e. The van der Waals surface area contributed by atoms with E-state index in [2.05, 4.69) is 15.6 Å². The van der Waals surface area contributed by atoms with Crippen molar-refractivity contribution >= 4 is 39.5 Å². The minimum Gasteiger partial charge on any atom is -0.456 e. The summed E-state index contributed by atoms with van der Waals surface area (Å²) < 4.78 is 5.99. The quantitative estimate of drug-likeness (QED) is 0.756. The SMILES string of the molecule is O=C(COC(=O)CCc1nc2ccccc2s1)NC(=O)NC1CCCC1. The Morgan fingerprint density at radius 1 is 1.19 bits per heavy atom. The Morgan fingerprint density at radius 3 is 2.73 bits per heavy atom. The lowest BCUT2D eigenvalue weighted by atomic mass is 10.2. The van der Waals surface area contributed by atoms with Gasteiger partial charge in [0.2, 0.25) is 0 Å².